The first-order valence-corrected chi connectivity index (χ1v) is 11.2. The highest BCUT2D eigenvalue weighted by molar-refractivity contribution is 5.82. The Balaban J connectivity index is 1.42. The van der Waals surface area contributed by atoms with E-state index in [-0.39, 0.29) is 12.1 Å². The predicted molar refractivity (Wildman–Crippen MR) is 125 cm³/mol. The number of nitrogens with zero attached hydrogens (tertiary/aromatic N) is 4. The van der Waals surface area contributed by atoms with Gasteiger partial charge in [0.25, 0.3) is 0 Å². The Bertz CT molecular complexity index is 1260. The largest absolute Gasteiger partial charge is 0.483 e. The maximum atomic E-state index is 15.4. The summed E-state index contributed by atoms with van der Waals surface area (Å²) in [6, 6.07) is 14.3. The van der Waals surface area contributed by atoms with Crippen LogP contribution in [0.1, 0.15) is 32.3 Å². The van der Waals surface area contributed by atoms with Crippen molar-refractivity contribution < 1.29 is 13.5 Å². The van der Waals surface area contributed by atoms with E-state index in [1.165, 1.54) is 16.9 Å². The number of benzene rings is 2. The molecule has 0 aliphatic carbocycles. The van der Waals surface area contributed by atoms with Crippen molar-refractivity contribution in [3.63, 3.8) is 0 Å². The van der Waals surface area contributed by atoms with Crippen LogP contribution >= 0.6 is 0 Å². The molecule has 0 bridgehead atoms. The third-order valence-electron chi connectivity index (χ3n) is 6.35. The number of pyridine rings is 1. The van der Waals surface area contributed by atoms with Crippen LogP contribution in [0.3, 0.4) is 0 Å². The van der Waals surface area contributed by atoms with Gasteiger partial charge >= 0.3 is 0 Å². The van der Waals surface area contributed by atoms with Crippen LogP contribution < -0.4 is 9.64 Å². The molecule has 1 fully saturated rings. The molecule has 33 heavy (non-hydrogen) atoms. The second kappa shape index (κ2) is 8.46. The Kier molecular flexibility index (Phi) is 5.48. The Hall–Kier alpha value is -3.48. The summed E-state index contributed by atoms with van der Waals surface area (Å²) in [6.07, 6.45) is 5.35. The lowest BCUT2D eigenvalue weighted by Crippen LogP contribution is -2.37. The Morgan fingerprint density at radius 1 is 1.00 bits per heavy atom. The van der Waals surface area contributed by atoms with Crippen LogP contribution in [0.2, 0.25) is 0 Å². The summed E-state index contributed by atoms with van der Waals surface area (Å²) in [5, 5.41) is 4.65. The Morgan fingerprint density at radius 3 is 2.45 bits per heavy atom. The molecule has 3 heterocycles. The van der Waals surface area contributed by atoms with Crippen LogP contribution in [0.4, 0.5) is 14.6 Å². The molecule has 0 spiro atoms. The minimum Gasteiger partial charge on any atom is -0.483 e. The molecule has 1 aliphatic heterocycles. The van der Waals surface area contributed by atoms with E-state index in [0.29, 0.717) is 16.5 Å². The number of aromatic nitrogens is 3. The molecule has 5 rings (SSSR count). The molecule has 0 saturated carbocycles. The normalized spacial score (nSPS) is 15.7. The van der Waals surface area contributed by atoms with Crippen molar-refractivity contribution >= 4 is 16.7 Å². The number of fused-ring (bicyclic) bond motifs is 1. The third kappa shape index (κ3) is 4.27. The van der Waals surface area contributed by atoms with Gasteiger partial charge in [-0.3, -0.25) is 0 Å². The molecule has 7 heteroatoms. The van der Waals surface area contributed by atoms with E-state index in [4.69, 9.17) is 4.74 Å². The highest BCUT2D eigenvalue weighted by Crippen LogP contribution is 2.33. The maximum Gasteiger partial charge on any atom is 0.194 e. The fourth-order valence-corrected chi connectivity index (χ4v) is 4.19. The predicted octanol–water partition coefficient (Wildman–Crippen LogP) is 5.90. The van der Waals surface area contributed by atoms with Gasteiger partial charge in [0, 0.05) is 18.5 Å². The van der Waals surface area contributed by atoms with Crippen LogP contribution in [-0.2, 0) is 6.61 Å². The van der Waals surface area contributed by atoms with Gasteiger partial charge in [-0.05, 0) is 42.0 Å². The summed E-state index contributed by atoms with van der Waals surface area (Å²) < 4.78 is 37.0. The summed E-state index contributed by atoms with van der Waals surface area (Å²) in [4.78, 5) is 6.86. The van der Waals surface area contributed by atoms with Gasteiger partial charge in [-0.25, -0.2) is 18.4 Å². The average Bonchev–Trinajstić information content (AvgIpc) is 3.24. The van der Waals surface area contributed by atoms with Crippen LogP contribution in [0, 0.1) is 17.0 Å². The minimum atomic E-state index is -0.777. The van der Waals surface area contributed by atoms with Crippen LogP contribution in [0.15, 0.2) is 60.9 Å². The number of ether oxygens (including phenoxy) is 1. The average molecular weight is 449 g/mol. The van der Waals surface area contributed by atoms with E-state index in [2.05, 4.69) is 28.8 Å². The van der Waals surface area contributed by atoms with Crippen molar-refractivity contribution in [1.29, 1.82) is 0 Å². The second-order valence-electron chi connectivity index (χ2n) is 9.30. The molecule has 170 valence electrons. The van der Waals surface area contributed by atoms with Crippen LogP contribution in [0.5, 0.6) is 5.75 Å². The quantitative estimate of drug-likeness (QED) is 0.381. The standard InChI is InChI=1S/C26H26F2N4O/c1-26(2)10-12-31(13-11-26)22-9-8-20(16-29-22)32-24-19(15-30-32)14-21(27)25(23(24)28)33-17-18-6-4-3-5-7-18/h3-9,14-16H,10-13,17H2,1-2H3. The van der Waals surface area contributed by atoms with E-state index in [1.54, 1.807) is 6.20 Å². The lowest BCUT2D eigenvalue weighted by Gasteiger charge is -2.37. The summed E-state index contributed by atoms with van der Waals surface area (Å²) in [7, 11) is 0. The van der Waals surface area contributed by atoms with Gasteiger partial charge in [-0.15, -0.1) is 0 Å². The highest BCUT2D eigenvalue weighted by Gasteiger charge is 2.26. The van der Waals surface area contributed by atoms with Gasteiger partial charge in [0.05, 0.1) is 18.1 Å². The van der Waals surface area contributed by atoms with E-state index >= 15 is 4.39 Å². The maximum absolute atomic E-state index is 15.4. The summed E-state index contributed by atoms with van der Waals surface area (Å²) in [5.41, 5.74) is 1.95. The summed E-state index contributed by atoms with van der Waals surface area (Å²) >= 11 is 0. The molecular formula is C26H26F2N4O. The molecule has 4 aromatic rings. The van der Waals surface area contributed by atoms with Crippen LogP contribution in [-0.4, -0.2) is 27.9 Å². The molecule has 0 unspecified atom stereocenters. The minimum absolute atomic E-state index is 0.0667. The van der Waals surface area contributed by atoms with E-state index in [0.717, 1.165) is 37.3 Å². The van der Waals surface area contributed by atoms with E-state index in [1.807, 2.05) is 42.5 Å². The SMILES string of the molecule is CC1(C)CCN(c2ccc(-n3ncc4cc(F)c(OCc5ccccc5)c(F)c43)cn2)CC1. The Labute approximate surface area is 191 Å². The summed E-state index contributed by atoms with van der Waals surface area (Å²) in [5.74, 6) is -1.05. The van der Waals surface area contributed by atoms with Crippen molar-refractivity contribution in [2.45, 2.75) is 33.3 Å². The lowest BCUT2D eigenvalue weighted by molar-refractivity contribution is 0.275. The van der Waals surface area contributed by atoms with Crippen molar-refractivity contribution in [1.82, 2.24) is 14.8 Å². The molecule has 5 nitrogen and oxygen atoms in total. The fourth-order valence-electron chi connectivity index (χ4n) is 4.19. The molecule has 2 aromatic carbocycles. The monoisotopic (exact) mass is 448 g/mol. The second-order valence-corrected chi connectivity index (χ2v) is 9.30. The van der Waals surface area contributed by atoms with Gasteiger partial charge in [0.2, 0.25) is 0 Å². The van der Waals surface area contributed by atoms with Crippen molar-refractivity contribution in [3.8, 4) is 11.4 Å². The molecule has 2 aromatic heterocycles. The van der Waals surface area contributed by atoms with Crippen molar-refractivity contribution in [2.24, 2.45) is 5.41 Å². The fraction of sp³-hybridized carbons (Fsp3) is 0.308. The molecule has 0 atom stereocenters. The Morgan fingerprint density at radius 2 is 1.76 bits per heavy atom. The zero-order chi connectivity index (χ0) is 23.0. The number of anilines is 1. The van der Waals surface area contributed by atoms with Crippen molar-refractivity contribution in [3.05, 3.63) is 78.1 Å². The van der Waals surface area contributed by atoms with E-state index in [9.17, 15) is 4.39 Å². The topological polar surface area (TPSA) is 43.2 Å². The number of piperidine rings is 1. The zero-order valence-electron chi connectivity index (χ0n) is 18.8. The van der Waals surface area contributed by atoms with Gasteiger partial charge < -0.3 is 9.64 Å². The van der Waals surface area contributed by atoms with Gasteiger partial charge in [0.1, 0.15) is 17.9 Å². The van der Waals surface area contributed by atoms with E-state index < -0.39 is 17.4 Å². The summed E-state index contributed by atoms with van der Waals surface area (Å²) in [6.45, 7) is 6.56. The van der Waals surface area contributed by atoms with Gasteiger partial charge in [0.15, 0.2) is 17.4 Å². The lowest BCUT2D eigenvalue weighted by atomic mass is 9.83. The number of rotatable bonds is 5. The highest BCUT2D eigenvalue weighted by atomic mass is 19.1. The van der Waals surface area contributed by atoms with Gasteiger partial charge in [-0.2, -0.15) is 5.10 Å². The molecule has 1 aliphatic rings. The molecule has 1 saturated heterocycles. The first-order valence-electron chi connectivity index (χ1n) is 11.2. The smallest absolute Gasteiger partial charge is 0.194 e. The van der Waals surface area contributed by atoms with Crippen LogP contribution in [0.25, 0.3) is 16.6 Å². The first-order chi connectivity index (χ1) is 15.9. The number of halogens is 2. The zero-order valence-corrected chi connectivity index (χ0v) is 18.8. The molecule has 0 N–H and O–H groups in total. The number of hydrogen-bond donors (Lipinski definition) is 0. The van der Waals surface area contributed by atoms with Crippen molar-refractivity contribution in [2.75, 3.05) is 18.0 Å². The first kappa shape index (κ1) is 21.4. The molecule has 0 amide bonds. The van der Waals surface area contributed by atoms with Gasteiger partial charge in [-0.1, -0.05) is 44.2 Å². The third-order valence-corrected chi connectivity index (χ3v) is 6.35. The molecule has 0 radical (unpaired) electrons. The molecular weight excluding hydrogens is 422 g/mol. The number of hydrogen-bond acceptors (Lipinski definition) is 4.